The first-order chi connectivity index (χ1) is 13.0. The van der Waals surface area contributed by atoms with E-state index in [1.54, 1.807) is 0 Å². The van der Waals surface area contributed by atoms with Gasteiger partial charge in [0.05, 0.1) is 17.1 Å². The second-order valence-electron chi connectivity index (χ2n) is 6.04. The molecule has 7 heteroatoms. The van der Waals surface area contributed by atoms with Crippen molar-refractivity contribution >= 4 is 17.7 Å². The molecule has 0 spiro atoms. The van der Waals surface area contributed by atoms with E-state index >= 15 is 0 Å². The van der Waals surface area contributed by atoms with Gasteiger partial charge in [0.15, 0.2) is 0 Å². The Bertz CT molecular complexity index is 957. The number of halogens is 2. The van der Waals surface area contributed by atoms with Crippen LogP contribution in [0.15, 0.2) is 53.4 Å². The number of amides is 1. The number of nitrogens with zero attached hydrogens (tertiary/aromatic N) is 2. The number of carbonyl (C=O) groups is 1. The molecule has 4 nitrogen and oxygen atoms in total. The second-order valence-corrected chi connectivity index (χ2v) is 7.05. The first-order valence-corrected chi connectivity index (χ1v) is 9.39. The second kappa shape index (κ2) is 8.35. The number of aromatic nitrogens is 2. The summed E-state index contributed by atoms with van der Waals surface area (Å²) in [5.74, 6) is -1.32. The molecule has 1 aromatic heterocycles. The zero-order chi connectivity index (χ0) is 19.4. The number of hydrogen-bond donors (Lipinski definition) is 1. The van der Waals surface area contributed by atoms with E-state index in [4.69, 9.17) is 0 Å². The summed E-state index contributed by atoms with van der Waals surface area (Å²) in [5.41, 5.74) is 3.67. The van der Waals surface area contributed by atoms with Crippen molar-refractivity contribution in [3.05, 3.63) is 77.1 Å². The number of aryl methyl sites for hydroxylation is 1. The lowest BCUT2D eigenvalue weighted by Gasteiger charge is -2.08. The molecule has 0 fully saturated rings. The largest absolute Gasteiger partial charge is 0.351 e. The first kappa shape index (κ1) is 19.1. The fraction of sp³-hybridized carbons (Fsp3) is 0.200. The third-order valence-corrected chi connectivity index (χ3v) is 5.19. The van der Waals surface area contributed by atoms with E-state index in [1.807, 2.05) is 48.9 Å². The minimum atomic E-state index is -0.537. The maximum Gasteiger partial charge on any atom is 0.230 e. The molecule has 0 saturated heterocycles. The maximum absolute atomic E-state index is 13.6. The van der Waals surface area contributed by atoms with E-state index in [9.17, 15) is 13.6 Å². The topological polar surface area (TPSA) is 46.9 Å². The van der Waals surface area contributed by atoms with Gasteiger partial charge in [-0.3, -0.25) is 4.79 Å². The van der Waals surface area contributed by atoms with Crippen molar-refractivity contribution in [2.45, 2.75) is 25.3 Å². The Balaban J connectivity index is 1.62. The molecule has 0 unspecified atom stereocenters. The SMILES string of the molecule is Cc1nn(-c2ccccc2)c(C)c1CNC(=O)CSc1cc(F)ccc1F. The Labute approximate surface area is 160 Å². The molecule has 3 aromatic rings. The summed E-state index contributed by atoms with van der Waals surface area (Å²) in [6.07, 6.45) is 0. The molecular formula is C20H19F2N3OS. The van der Waals surface area contributed by atoms with Crippen LogP contribution in [0, 0.1) is 25.5 Å². The van der Waals surface area contributed by atoms with Crippen LogP contribution in [0.4, 0.5) is 8.78 Å². The number of hydrogen-bond acceptors (Lipinski definition) is 3. The number of para-hydroxylation sites is 1. The molecule has 0 aliphatic heterocycles. The summed E-state index contributed by atoms with van der Waals surface area (Å²) in [6, 6.07) is 12.9. The normalized spacial score (nSPS) is 10.8. The van der Waals surface area contributed by atoms with Crippen LogP contribution in [0.2, 0.25) is 0 Å². The van der Waals surface area contributed by atoms with Gasteiger partial charge in [-0.1, -0.05) is 18.2 Å². The Morgan fingerprint density at radius 2 is 1.89 bits per heavy atom. The third kappa shape index (κ3) is 4.54. The standard InChI is InChI=1S/C20H19F2N3OS/c1-13-17(14(2)25(24-13)16-6-4-3-5-7-16)11-23-20(26)12-27-19-10-15(21)8-9-18(19)22/h3-10H,11-12H2,1-2H3,(H,23,26). The minimum absolute atomic E-state index is 0.00525. The predicted octanol–water partition coefficient (Wildman–Crippen LogP) is 4.18. The van der Waals surface area contributed by atoms with Gasteiger partial charge in [0.2, 0.25) is 5.91 Å². The molecule has 0 bridgehead atoms. The van der Waals surface area contributed by atoms with Crippen LogP contribution in [0.3, 0.4) is 0 Å². The lowest BCUT2D eigenvalue weighted by atomic mass is 10.2. The zero-order valence-corrected chi connectivity index (χ0v) is 15.8. The fourth-order valence-electron chi connectivity index (χ4n) is 2.72. The fourth-order valence-corrected chi connectivity index (χ4v) is 3.51. The van der Waals surface area contributed by atoms with Gasteiger partial charge in [-0.05, 0) is 44.2 Å². The Kier molecular flexibility index (Phi) is 5.91. The van der Waals surface area contributed by atoms with E-state index in [1.165, 1.54) is 0 Å². The van der Waals surface area contributed by atoms with Crippen molar-refractivity contribution < 1.29 is 13.6 Å². The van der Waals surface area contributed by atoms with Gasteiger partial charge in [-0.2, -0.15) is 5.10 Å². The van der Waals surface area contributed by atoms with E-state index in [2.05, 4.69) is 10.4 Å². The monoisotopic (exact) mass is 387 g/mol. The van der Waals surface area contributed by atoms with Crippen LogP contribution in [0.5, 0.6) is 0 Å². The van der Waals surface area contributed by atoms with E-state index in [0.29, 0.717) is 6.54 Å². The third-order valence-electron chi connectivity index (χ3n) is 4.16. The summed E-state index contributed by atoms with van der Waals surface area (Å²) in [4.78, 5) is 12.2. The van der Waals surface area contributed by atoms with Gasteiger partial charge in [-0.25, -0.2) is 13.5 Å². The smallest absolute Gasteiger partial charge is 0.230 e. The van der Waals surface area contributed by atoms with Crippen LogP contribution in [0.1, 0.15) is 17.0 Å². The summed E-state index contributed by atoms with van der Waals surface area (Å²) >= 11 is 0.967. The molecule has 1 heterocycles. The molecule has 140 valence electrons. The average Bonchev–Trinajstić information content (AvgIpc) is 2.95. The summed E-state index contributed by atoms with van der Waals surface area (Å²) in [6.45, 7) is 4.17. The highest BCUT2D eigenvalue weighted by Crippen LogP contribution is 2.22. The molecule has 1 N–H and O–H groups in total. The molecule has 0 aliphatic carbocycles. The average molecular weight is 387 g/mol. The summed E-state index contributed by atoms with van der Waals surface area (Å²) in [5, 5.41) is 7.36. The lowest BCUT2D eigenvalue weighted by Crippen LogP contribution is -2.25. The van der Waals surface area contributed by atoms with Crippen LogP contribution in [-0.4, -0.2) is 21.4 Å². The van der Waals surface area contributed by atoms with Crippen LogP contribution < -0.4 is 5.32 Å². The molecule has 0 saturated carbocycles. The summed E-state index contributed by atoms with van der Waals surface area (Å²) in [7, 11) is 0. The Morgan fingerprint density at radius 3 is 2.63 bits per heavy atom. The first-order valence-electron chi connectivity index (χ1n) is 8.41. The number of rotatable bonds is 6. The molecule has 0 radical (unpaired) electrons. The summed E-state index contributed by atoms with van der Waals surface area (Å²) < 4.78 is 28.6. The predicted molar refractivity (Wildman–Crippen MR) is 102 cm³/mol. The van der Waals surface area contributed by atoms with Gasteiger partial charge in [0, 0.05) is 22.7 Å². The van der Waals surface area contributed by atoms with Gasteiger partial charge in [0.1, 0.15) is 11.6 Å². The quantitative estimate of drug-likeness (QED) is 0.646. The Hall–Kier alpha value is -2.67. The zero-order valence-electron chi connectivity index (χ0n) is 15.0. The molecule has 0 aliphatic rings. The number of carbonyl (C=O) groups excluding carboxylic acids is 1. The van der Waals surface area contributed by atoms with Crippen LogP contribution in [-0.2, 0) is 11.3 Å². The van der Waals surface area contributed by atoms with Crippen molar-refractivity contribution in [1.29, 1.82) is 0 Å². The van der Waals surface area contributed by atoms with Crippen molar-refractivity contribution in [2.75, 3.05) is 5.75 Å². The van der Waals surface area contributed by atoms with Gasteiger partial charge in [0.25, 0.3) is 0 Å². The highest BCUT2D eigenvalue weighted by Gasteiger charge is 2.14. The van der Waals surface area contributed by atoms with Gasteiger partial charge >= 0.3 is 0 Å². The van der Waals surface area contributed by atoms with E-state index in [-0.39, 0.29) is 16.6 Å². The van der Waals surface area contributed by atoms with Crippen molar-refractivity contribution in [3.63, 3.8) is 0 Å². The number of nitrogens with one attached hydrogen (secondary N) is 1. The molecule has 0 atom stereocenters. The van der Waals surface area contributed by atoms with Gasteiger partial charge < -0.3 is 5.32 Å². The molecule has 27 heavy (non-hydrogen) atoms. The lowest BCUT2D eigenvalue weighted by molar-refractivity contribution is -0.118. The number of benzene rings is 2. The maximum atomic E-state index is 13.6. The molecular weight excluding hydrogens is 368 g/mol. The molecule has 1 amide bonds. The minimum Gasteiger partial charge on any atom is -0.351 e. The van der Waals surface area contributed by atoms with Crippen LogP contribution >= 0.6 is 11.8 Å². The van der Waals surface area contributed by atoms with Crippen molar-refractivity contribution in [3.8, 4) is 5.69 Å². The van der Waals surface area contributed by atoms with Crippen LogP contribution in [0.25, 0.3) is 5.69 Å². The highest BCUT2D eigenvalue weighted by atomic mass is 32.2. The molecule has 2 aromatic carbocycles. The molecule has 3 rings (SSSR count). The highest BCUT2D eigenvalue weighted by molar-refractivity contribution is 8.00. The van der Waals surface area contributed by atoms with Crippen molar-refractivity contribution in [1.82, 2.24) is 15.1 Å². The van der Waals surface area contributed by atoms with Gasteiger partial charge in [-0.15, -0.1) is 11.8 Å². The van der Waals surface area contributed by atoms with E-state index in [0.717, 1.165) is 52.6 Å². The Morgan fingerprint density at radius 1 is 1.15 bits per heavy atom. The van der Waals surface area contributed by atoms with Crippen molar-refractivity contribution in [2.24, 2.45) is 0 Å². The van der Waals surface area contributed by atoms with E-state index < -0.39 is 11.6 Å². The number of thioether (sulfide) groups is 1.